The number of fused-ring (bicyclic) bond motifs is 1. The summed E-state index contributed by atoms with van der Waals surface area (Å²) in [5.74, 6) is 0.760. The largest absolute Gasteiger partial charge is 0.261 e. The average Bonchev–Trinajstić information content (AvgIpc) is 3.06. The molecule has 126 valence electrons. The molecule has 0 saturated heterocycles. The lowest BCUT2D eigenvalue weighted by molar-refractivity contribution is 0.711. The fourth-order valence-corrected chi connectivity index (χ4v) is 5.08. The number of aromatic nitrogens is 2. The number of nitrogens with one attached hydrogen (secondary N) is 1. The van der Waals surface area contributed by atoms with E-state index in [1.165, 1.54) is 28.0 Å². The number of anilines is 1. The van der Waals surface area contributed by atoms with Crippen LogP contribution < -0.4 is 5.43 Å². The van der Waals surface area contributed by atoms with Gasteiger partial charge in [0.2, 0.25) is 0 Å². The van der Waals surface area contributed by atoms with Crippen LogP contribution in [0.15, 0.2) is 68.6 Å². The second kappa shape index (κ2) is 7.80. The molecule has 25 heavy (non-hydrogen) atoms. The van der Waals surface area contributed by atoms with Gasteiger partial charge in [-0.25, -0.2) is 9.97 Å². The Kier molecular flexibility index (Phi) is 5.09. The van der Waals surface area contributed by atoms with E-state index in [1.807, 2.05) is 30.5 Å². The third kappa shape index (κ3) is 4.08. The maximum atomic E-state index is 4.75. The van der Waals surface area contributed by atoms with E-state index in [0.717, 1.165) is 28.5 Å². The van der Waals surface area contributed by atoms with Crippen LogP contribution >= 0.6 is 23.1 Å². The smallest absolute Gasteiger partial charge is 0.155 e. The van der Waals surface area contributed by atoms with Crippen molar-refractivity contribution in [1.29, 1.82) is 0 Å². The van der Waals surface area contributed by atoms with Crippen LogP contribution in [0.25, 0.3) is 10.2 Å². The summed E-state index contributed by atoms with van der Waals surface area (Å²) >= 11 is 3.56. The van der Waals surface area contributed by atoms with Gasteiger partial charge in [-0.3, -0.25) is 5.43 Å². The molecule has 4 nitrogen and oxygen atoms in total. The van der Waals surface area contributed by atoms with E-state index >= 15 is 0 Å². The first-order valence-electron chi connectivity index (χ1n) is 8.34. The Bertz CT molecular complexity index is 882. The van der Waals surface area contributed by atoms with Crippen LogP contribution in [0.4, 0.5) is 5.82 Å². The molecule has 3 aromatic rings. The number of rotatable bonds is 5. The quantitative estimate of drug-likeness (QED) is 0.464. The van der Waals surface area contributed by atoms with Crippen LogP contribution in [0.1, 0.15) is 25.7 Å². The van der Waals surface area contributed by atoms with Gasteiger partial charge >= 0.3 is 0 Å². The Balaban J connectivity index is 1.52. The second-order valence-corrected chi connectivity index (χ2v) is 8.16. The van der Waals surface area contributed by atoms with E-state index in [-0.39, 0.29) is 0 Å². The lowest BCUT2D eigenvalue weighted by atomic mass is 10.0. The first-order chi connectivity index (χ1) is 12.4. The Hall–Kier alpha value is -2.18. The maximum Gasteiger partial charge on any atom is 0.155 e. The highest BCUT2D eigenvalue weighted by molar-refractivity contribution is 8.04. The molecule has 2 heterocycles. The minimum absolute atomic E-state index is 0.760. The summed E-state index contributed by atoms with van der Waals surface area (Å²) in [5, 5.41) is 4.37. The molecule has 1 aromatic carbocycles. The Morgan fingerprint density at radius 2 is 1.96 bits per heavy atom. The third-order valence-electron chi connectivity index (χ3n) is 4.01. The highest BCUT2D eigenvalue weighted by Crippen LogP contribution is 2.39. The minimum Gasteiger partial charge on any atom is -0.261 e. The Labute approximate surface area is 155 Å². The maximum absolute atomic E-state index is 4.75. The summed E-state index contributed by atoms with van der Waals surface area (Å²) in [7, 11) is 0. The molecule has 0 aliphatic heterocycles. The monoisotopic (exact) mass is 366 g/mol. The van der Waals surface area contributed by atoms with Crippen LogP contribution in [0, 0.1) is 0 Å². The van der Waals surface area contributed by atoms with Crippen LogP contribution in [0.3, 0.4) is 0 Å². The van der Waals surface area contributed by atoms with Gasteiger partial charge in [0.15, 0.2) is 4.34 Å². The van der Waals surface area contributed by atoms with Gasteiger partial charge in [-0.2, -0.15) is 5.10 Å². The standard InChI is InChI=1S/C19H18N4S2/c1-3-9-16(24-19-22-15-8-2-4-10-17(15)25-19)14(7-1)13-21-23-18-11-5-6-12-20-18/h2,4-6,8,10-13H,1,3,7,9H2,(H,20,23)/b21-13+. The van der Waals surface area contributed by atoms with Crippen molar-refractivity contribution >= 4 is 45.3 Å². The van der Waals surface area contributed by atoms with Gasteiger partial charge in [-0.05, 0) is 60.4 Å². The zero-order chi connectivity index (χ0) is 16.9. The number of thioether (sulfide) groups is 1. The van der Waals surface area contributed by atoms with E-state index in [2.05, 4.69) is 33.7 Å². The molecule has 4 rings (SSSR count). The molecule has 0 fully saturated rings. The number of hydrogen-bond acceptors (Lipinski definition) is 6. The number of nitrogens with zero attached hydrogens (tertiary/aromatic N) is 3. The number of allylic oxidation sites excluding steroid dienone is 2. The van der Waals surface area contributed by atoms with Crippen molar-refractivity contribution in [3.8, 4) is 0 Å². The zero-order valence-electron chi connectivity index (χ0n) is 13.7. The lowest BCUT2D eigenvalue weighted by Gasteiger charge is -2.16. The molecular formula is C19H18N4S2. The van der Waals surface area contributed by atoms with Gasteiger partial charge in [-0.15, -0.1) is 11.3 Å². The van der Waals surface area contributed by atoms with Crippen LogP contribution in [0.5, 0.6) is 0 Å². The molecule has 0 amide bonds. The zero-order valence-corrected chi connectivity index (χ0v) is 15.3. The van der Waals surface area contributed by atoms with E-state index in [0.29, 0.717) is 0 Å². The molecule has 0 atom stereocenters. The molecule has 1 N–H and O–H groups in total. The van der Waals surface area contributed by atoms with E-state index in [4.69, 9.17) is 4.98 Å². The van der Waals surface area contributed by atoms with Gasteiger partial charge in [0.05, 0.1) is 16.4 Å². The number of benzene rings is 1. The highest BCUT2D eigenvalue weighted by Gasteiger charge is 2.15. The van der Waals surface area contributed by atoms with Crippen LogP contribution in [0.2, 0.25) is 0 Å². The molecule has 0 saturated carbocycles. The molecular weight excluding hydrogens is 348 g/mol. The molecule has 0 radical (unpaired) electrons. The van der Waals surface area contributed by atoms with Gasteiger partial charge < -0.3 is 0 Å². The molecule has 2 aromatic heterocycles. The van der Waals surface area contributed by atoms with E-state index in [9.17, 15) is 0 Å². The molecule has 1 aliphatic carbocycles. The molecule has 0 spiro atoms. The lowest BCUT2D eigenvalue weighted by Crippen LogP contribution is -2.01. The molecule has 0 bridgehead atoms. The first kappa shape index (κ1) is 16.3. The normalized spacial score (nSPS) is 15.2. The molecule has 0 unspecified atom stereocenters. The highest BCUT2D eigenvalue weighted by atomic mass is 32.2. The summed E-state index contributed by atoms with van der Waals surface area (Å²) < 4.78 is 2.36. The number of thiazole rings is 1. The van der Waals surface area contributed by atoms with E-state index in [1.54, 1.807) is 29.3 Å². The van der Waals surface area contributed by atoms with Crippen molar-refractivity contribution in [2.75, 3.05) is 5.43 Å². The van der Waals surface area contributed by atoms with Crippen LogP contribution in [-0.2, 0) is 0 Å². The minimum atomic E-state index is 0.760. The van der Waals surface area contributed by atoms with E-state index < -0.39 is 0 Å². The van der Waals surface area contributed by atoms with Crippen molar-refractivity contribution in [3.63, 3.8) is 0 Å². The van der Waals surface area contributed by atoms with Crippen molar-refractivity contribution in [2.45, 2.75) is 30.0 Å². The number of hydrogen-bond donors (Lipinski definition) is 1. The van der Waals surface area contributed by atoms with Crippen LogP contribution in [-0.4, -0.2) is 16.2 Å². The number of hydrazone groups is 1. The van der Waals surface area contributed by atoms with Gasteiger partial charge in [-0.1, -0.05) is 30.0 Å². The van der Waals surface area contributed by atoms with Crippen molar-refractivity contribution in [2.24, 2.45) is 5.10 Å². The summed E-state index contributed by atoms with van der Waals surface area (Å²) in [6.45, 7) is 0. The van der Waals surface area contributed by atoms with Gasteiger partial charge in [0, 0.05) is 6.20 Å². The van der Waals surface area contributed by atoms with Crippen molar-refractivity contribution < 1.29 is 0 Å². The fourth-order valence-electron chi connectivity index (χ4n) is 2.76. The predicted molar refractivity (Wildman–Crippen MR) is 107 cm³/mol. The fraction of sp³-hybridized carbons (Fsp3) is 0.211. The van der Waals surface area contributed by atoms with Gasteiger partial charge in [0.1, 0.15) is 5.82 Å². The Morgan fingerprint density at radius 1 is 1.08 bits per heavy atom. The summed E-state index contributed by atoms with van der Waals surface area (Å²) in [6, 6.07) is 14.1. The molecule has 6 heteroatoms. The summed E-state index contributed by atoms with van der Waals surface area (Å²) in [5.41, 5.74) is 5.39. The second-order valence-electron chi connectivity index (χ2n) is 5.79. The number of pyridine rings is 1. The topological polar surface area (TPSA) is 50.2 Å². The van der Waals surface area contributed by atoms with Crippen molar-refractivity contribution in [3.05, 3.63) is 59.1 Å². The third-order valence-corrected chi connectivity index (χ3v) is 6.32. The number of para-hydroxylation sites is 1. The van der Waals surface area contributed by atoms with Crippen molar-refractivity contribution in [1.82, 2.24) is 9.97 Å². The van der Waals surface area contributed by atoms with Gasteiger partial charge in [0.25, 0.3) is 0 Å². The predicted octanol–water partition coefficient (Wildman–Crippen LogP) is 5.71. The summed E-state index contributed by atoms with van der Waals surface area (Å²) in [6.07, 6.45) is 8.33. The molecule has 1 aliphatic rings. The average molecular weight is 367 g/mol. The Morgan fingerprint density at radius 3 is 2.84 bits per heavy atom. The summed E-state index contributed by atoms with van der Waals surface area (Å²) in [4.78, 5) is 10.4. The first-order valence-corrected chi connectivity index (χ1v) is 9.97. The SMILES string of the molecule is C(=N\Nc1ccccn1)/C1=C(Sc2nc3ccccc3s2)CCCC1.